The van der Waals surface area contributed by atoms with Crippen LogP contribution in [-0.2, 0) is 0 Å². The molecule has 0 atom stereocenters. The van der Waals surface area contributed by atoms with Gasteiger partial charge in [-0.1, -0.05) is 22.9 Å². The number of aromatic nitrogens is 2. The van der Waals surface area contributed by atoms with E-state index in [1.807, 2.05) is 18.2 Å². The molecule has 0 saturated heterocycles. The first-order valence-corrected chi connectivity index (χ1v) is 9.07. The number of nitrogens with zero attached hydrogens (tertiary/aromatic N) is 2. The van der Waals surface area contributed by atoms with Crippen molar-refractivity contribution in [2.24, 2.45) is 0 Å². The van der Waals surface area contributed by atoms with E-state index >= 15 is 0 Å². The van der Waals surface area contributed by atoms with E-state index in [1.54, 1.807) is 7.11 Å². The summed E-state index contributed by atoms with van der Waals surface area (Å²) in [5.41, 5.74) is 0. The van der Waals surface area contributed by atoms with Gasteiger partial charge in [0.2, 0.25) is 5.13 Å². The maximum absolute atomic E-state index is 12.5. The molecule has 2 heterocycles. The Balaban J connectivity index is 1.61. The number of amides is 1. The molecule has 118 valence electrons. The highest BCUT2D eigenvalue weighted by Crippen LogP contribution is 2.42. The fourth-order valence-corrected chi connectivity index (χ4v) is 4.55. The fourth-order valence-electron chi connectivity index (χ4n) is 2.25. The van der Waals surface area contributed by atoms with Gasteiger partial charge >= 0.3 is 0 Å². The average molecular weight is 366 g/mol. The summed E-state index contributed by atoms with van der Waals surface area (Å²) >= 11 is 9.16. The SMILES string of the molecule is COc1ccc2sc(C(=O)Nc3nnc(C4CC4)s3)c(Cl)c2c1. The molecular weight excluding hydrogens is 354 g/mol. The molecule has 1 N–H and O–H groups in total. The number of methoxy groups -OCH3 is 1. The molecule has 1 aromatic carbocycles. The Kier molecular flexibility index (Phi) is 3.71. The predicted octanol–water partition coefficient (Wildman–Crippen LogP) is 4.54. The zero-order valence-corrected chi connectivity index (χ0v) is 14.5. The number of fused-ring (bicyclic) bond motifs is 1. The summed E-state index contributed by atoms with van der Waals surface area (Å²) < 4.78 is 6.14. The molecule has 8 heteroatoms. The van der Waals surface area contributed by atoms with E-state index in [0.717, 1.165) is 27.9 Å². The predicted molar refractivity (Wildman–Crippen MR) is 93.2 cm³/mol. The zero-order valence-electron chi connectivity index (χ0n) is 12.1. The topological polar surface area (TPSA) is 64.1 Å². The van der Waals surface area contributed by atoms with Gasteiger partial charge < -0.3 is 4.74 Å². The highest BCUT2D eigenvalue weighted by molar-refractivity contribution is 7.22. The average Bonchev–Trinajstić information content (AvgIpc) is 3.22. The molecule has 1 fully saturated rings. The summed E-state index contributed by atoms with van der Waals surface area (Å²) in [5.74, 6) is 0.981. The molecule has 0 bridgehead atoms. The van der Waals surface area contributed by atoms with Crippen LogP contribution in [0.3, 0.4) is 0 Å². The molecule has 1 aliphatic rings. The monoisotopic (exact) mass is 365 g/mol. The van der Waals surface area contributed by atoms with Gasteiger partial charge in [-0.3, -0.25) is 10.1 Å². The number of thiophene rings is 1. The number of carbonyl (C=O) groups is 1. The van der Waals surface area contributed by atoms with E-state index in [4.69, 9.17) is 16.3 Å². The molecule has 0 spiro atoms. The lowest BCUT2D eigenvalue weighted by molar-refractivity contribution is 0.103. The maximum atomic E-state index is 12.5. The third kappa shape index (κ3) is 2.80. The van der Waals surface area contributed by atoms with Gasteiger partial charge in [-0.25, -0.2) is 0 Å². The van der Waals surface area contributed by atoms with Crippen LogP contribution in [0.25, 0.3) is 10.1 Å². The van der Waals surface area contributed by atoms with Gasteiger partial charge in [-0.15, -0.1) is 21.5 Å². The van der Waals surface area contributed by atoms with E-state index in [2.05, 4.69) is 15.5 Å². The van der Waals surface area contributed by atoms with Crippen molar-refractivity contribution in [3.63, 3.8) is 0 Å². The van der Waals surface area contributed by atoms with Crippen LogP contribution in [0.5, 0.6) is 5.75 Å². The van der Waals surface area contributed by atoms with Crippen molar-refractivity contribution in [2.45, 2.75) is 18.8 Å². The van der Waals surface area contributed by atoms with Gasteiger partial charge in [-0.2, -0.15) is 0 Å². The van der Waals surface area contributed by atoms with Gasteiger partial charge in [0.25, 0.3) is 5.91 Å². The van der Waals surface area contributed by atoms with Crippen LogP contribution >= 0.6 is 34.3 Å². The summed E-state index contributed by atoms with van der Waals surface area (Å²) in [4.78, 5) is 12.9. The number of halogens is 1. The quantitative estimate of drug-likeness (QED) is 0.736. The van der Waals surface area contributed by atoms with Crippen molar-refractivity contribution in [1.82, 2.24) is 10.2 Å². The smallest absolute Gasteiger partial charge is 0.269 e. The van der Waals surface area contributed by atoms with Crippen molar-refractivity contribution in [3.8, 4) is 5.75 Å². The number of hydrogen-bond acceptors (Lipinski definition) is 6. The van der Waals surface area contributed by atoms with Crippen LogP contribution in [0.1, 0.15) is 33.4 Å². The zero-order chi connectivity index (χ0) is 16.0. The van der Waals surface area contributed by atoms with E-state index in [9.17, 15) is 4.79 Å². The van der Waals surface area contributed by atoms with Gasteiger partial charge in [-0.05, 0) is 31.0 Å². The van der Waals surface area contributed by atoms with Crippen LogP contribution < -0.4 is 10.1 Å². The van der Waals surface area contributed by atoms with E-state index in [1.165, 1.54) is 22.7 Å². The summed E-state index contributed by atoms with van der Waals surface area (Å²) in [5, 5.41) is 13.7. The fraction of sp³-hybridized carbons (Fsp3) is 0.267. The number of ether oxygens (including phenoxy) is 1. The van der Waals surface area contributed by atoms with Crippen molar-refractivity contribution in [1.29, 1.82) is 0 Å². The molecule has 0 aliphatic heterocycles. The second kappa shape index (κ2) is 5.74. The van der Waals surface area contributed by atoms with Crippen molar-refractivity contribution in [2.75, 3.05) is 12.4 Å². The molecule has 1 saturated carbocycles. The molecule has 5 nitrogen and oxygen atoms in total. The number of hydrogen-bond donors (Lipinski definition) is 1. The second-order valence-electron chi connectivity index (χ2n) is 5.28. The Bertz CT molecular complexity index is 901. The highest BCUT2D eigenvalue weighted by atomic mass is 35.5. The van der Waals surface area contributed by atoms with E-state index in [0.29, 0.717) is 26.7 Å². The van der Waals surface area contributed by atoms with Crippen LogP contribution in [0, 0.1) is 0 Å². The van der Waals surface area contributed by atoms with E-state index < -0.39 is 0 Å². The second-order valence-corrected chi connectivity index (χ2v) is 7.72. The molecular formula is C15H12ClN3O2S2. The van der Waals surface area contributed by atoms with Crippen LogP contribution in [-0.4, -0.2) is 23.2 Å². The lowest BCUT2D eigenvalue weighted by atomic mass is 10.2. The molecule has 3 aromatic rings. The minimum Gasteiger partial charge on any atom is -0.497 e. The highest BCUT2D eigenvalue weighted by Gasteiger charge is 2.28. The molecule has 1 aliphatic carbocycles. The Labute approximate surface area is 145 Å². The first-order valence-electron chi connectivity index (χ1n) is 7.06. The Morgan fingerprint density at radius 3 is 2.91 bits per heavy atom. The Hall–Kier alpha value is -1.70. The van der Waals surface area contributed by atoms with E-state index in [-0.39, 0.29) is 5.91 Å². The van der Waals surface area contributed by atoms with Crippen molar-refractivity contribution in [3.05, 3.63) is 33.1 Å². The van der Waals surface area contributed by atoms with Crippen LogP contribution in [0.4, 0.5) is 5.13 Å². The standard InChI is InChI=1S/C15H12ClN3O2S2/c1-21-8-4-5-10-9(6-8)11(16)12(22-10)13(20)17-15-19-18-14(23-15)7-2-3-7/h4-7H,2-3H2,1H3,(H,17,19,20). The normalized spacial score (nSPS) is 14.2. The summed E-state index contributed by atoms with van der Waals surface area (Å²) in [6.07, 6.45) is 2.32. The van der Waals surface area contributed by atoms with Gasteiger partial charge in [0.15, 0.2) is 0 Å². The van der Waals surface area contributed by atoms with Crippen LogP contribution in [0.15, 0.2) is 18.2 Å². The largest absolute Gasteiger partial charge is 0.497 e. The molecule has 0 radical (unpaired) electrons. The minimum atomic E-state index is -0.256. The van der Waals surface area contributed by atoms with Crippen molar-refractivity contribution < 1.29 is 9.53 Å². The maximum Gasteiger partial charge on any atom is 0.269 e. The first-order chi connectivity index (χ1) is 11.2. The lowest BCUT2D eigenvalue weighted by Crippen LogP contribution is -2.10. The molecule has 23 heavy (non-hydrogen) atoms. The number of rotatable bonds is 4. The van der Waals surface area contributed by atoms with Crippen LogP contribution in [0.2, 0.25) is 5.02 Å². The third-order valence-electron chi connectivity index (χ3n) is 3.63. The molecule has 2 aromatic heterocycles. The lowest BCUT2D eigenvalue weighted by Gasteiger charge is -1.99. The number of carbonyl (C=O) groups excluding carboxylic acids is 1. The Morgan fingerprint density at radius 2 is 2.17 bits per heavy atom. The summed E-state index contributed by atoms with van der Waals surface area (Å²) in [7, 11) is 1.60. The van der Waals surface area contributed by atoms with Gasteiger partial charge in [0, 0.05) is 16.0 Å². The van der Waals surface area contributed by atoms with Gasteiger partial charge in [0.05, 0.1) is 12.1 Å². The number of benzene rings is 1. The van der Waals surface area contributed by atoms with Crippen molar-refractivity contribution >= 4 is 55.4 Å². The first kappa shape index (κ1) is 14.9. The molecule has 4 rings (SSSR count). The number of nitrogens with one attached hydrogen (secondary N) is 1. The molecule has 0 unspecified atom stereocenters. The summed E-state index contributed by atoms with van der Waals surface area (Å²) in [6.45, 7) is 0. The Morgan fingerprint density at radius 1 is 1.35 bits per heavy atom. The van der Waals surface area contributed by atoms with Gasteiger partial charge in [0.1, 0.15) is 15.6 Å². The molecule has 1 amide bonds. The number of anilines is 1. The summed E-state index contributed by atoms with van der Waals surface area (Å²) in [6, 6.07) is 5.59. The minimum absolute atomic E-state index is 0.256. The third-order valence-corrected chi connectivity index (χ3v) is 6.30.